The predicted octanol–water partition coefficient (Wildman–Crippen LogP) is -0.666. The Balaban J connectivity index is 1.60. The standard InChI is InChI=1S/C15H24N2O4S/c18-8-12-14(20)15(21)13(19)7-17(12)6-10-1-3-16(5-10)11-2-4-22-9-11/h2,4,9-10,12-15,18-21H,1,3,5-8H2/t10-,12-,13-,14+,15+/m0/s1. The van der Waals surface area contributed by atoms with E-state index in [4.69, 9.17) is 0 Å². The van der Waals surface area contributed by atoms with Crippen molar-refractivity contribution in [1.29, 1.82) is 0 Å². The van der Waals surface area contributed by atoms with Crippen LogP contribution >= 0.6 is 11.3 Å². The maximum atomic E-state index is 10.0. The molecule has 0 bridgehead atoms. The zero-order valence-corrected chi connectivity index (χ0v) is 13.3. The Kier molecular flexibility index (Phi) is 5.01. The number of β-amino-alcohol motifs (C(OH)–C–C–N with tert-alkyl or cyclic N) is 1. The minimum Gasteiger partial charge on any atom is -0.395 e. The smallest absolute Gasteiger partial charge is 0.109 e. The summed E-state index contributed by atoms with van der Waals surface area (Å²) < 4.78 is 0. The van der Waals surface area contributed by atoms with E-state index in [1.807, 2.05) is 4.90 Å². The molecule has 0 saturated carbocycles. The van der Waals surface area contributed by atoms with Crippen molar-refractivity contribution < 1.29 is 20.4 Å². The van der Waals surface area contributed by atoms with Crippen LogP contribution in [0.1, 0.15) is 6.42 Å². The first-order chi connectivity index (χ1) is 10.6. The summed E-state index contributed by atoms with van der Waals surface area (Å²) in [5, 5.41) is 43.4. The summed E-state index contributed by atoms with van der Waals surface area (Å²) in [4.78, 5) is 4.27. The largest absolute Gasteiger partial charge is 0.395 e. The van der Waals surface area contributed by atoms with Crippen molar-refractivity contribution in [3.05, 3.63) is 16.8 Å². The molecule has 0 radical (unpaired) electrons. The number of aliphatic hydroxyl groups excluding tert-OH is 4. The van der Waals surface area contributed by atoms with Gasteiger partial charge in [0.2, 0.25) is 0 Å². The van der Waals surface area contributed by atoms with Crippen molar-refractivity contribution in [3.8, 4) is 0 Å². The average molecular weight is 328 g/mol. The fraction of sp³-hybridized carbons (Fsp3) is 0.733. The van der Waals surface area contributed by atoms with E-state index in [1.165, 1.54) is 5.69 Å². The number of thiophene rings is 1. The zero-order chi connectivity index (χ0) is 15.7. The van der Waals surface area contributed by atoms with Gasteiger partial charge in [-0.15, -0.1) is 0 Å². The molecule has 2 saturated heterocycles. The summed E-state index contributed by atoms with van der Waals surface area (Å²) >= 11 is 1.69. The lowest BCUT2D eigenvalue weighted by atomic mass is 9.93. The molecule has 5 atom stereocenters. The lowest BCUT2D eigenvalue weighted by Gasteiger charge is -2.44. The molecule has 3 heterocycles. The molecule has 6 nitrogen and oxygen atoms in total. The molecule has 1 aromatic heterocycles. The maximum Gasteiger partial charge on any atom is 0.109 e. The van der Waals surface area contributed by atoms with Crippen molar-refractivity contribution in [2.45, 2.75) is 30.8 Å². The highest BCUT2D eigenvalue weighted by Crippen LogP contribution is 2.28. The maximum absolute atomic E-state index is 10.0. The van der Waals surface area contributed by atoms with Crippen LogP contribution in [0.3, 0.4) is 0 Å². The van der Waals surface area contributed by atoms with Crippen LogP contribution in [0.4, 0.5) is 5.69 Å². The molecule has 3 rings (SSSR count). The summed E-state index contributed by atoms with van der Waals surface area (Å²) in [6.07, 6.45) is -2.20. The van der Waals surface area contributed by atoms with Gasteiger partial charge in [-0.2, -0.15) is 11.3 Å². The first kappa shape index (κ1) is 16.2. The summed E-state index contributed by atoms with van der Waals surface area (Å²) in [6.45, 7) is 2.74. The zero-order valence-electron chi connectivity index (χ0n) is 12.5. The monoisotopic (exact) mass is 328 g/mol. The lowest BCUT2D eigenvalue weighted by molar-refractivity contribution is -0.146. The minimum atomic E-state index is -1.18. The van der Waals surface area contributed by atoms with E-state index in [-0.39, 0.29) is 6.61 Å². The van der Waals surface area contributed by atoms with E-state index in [0.29, 0.717) is 19.0 Å². The second-order valence-corrected chi connectivity index (χ2v) is 7.11. The van der Waals surface area contributed by atoms with E-state index >= 15 is 0 Å². The first-order valence-corrected chi connectivity index (χ1v) is 8.70. The Hall–Kier alpha value is -0.700. The number of hydrogen-bond donors (Lipinski definition) is 4. The fourth-order valence-corrected chi connectivity index (χ4v) is 4.24. The van der Waals surface area contributed by atoms with E-state index in [9.17, 15) is 20.4 Å². The van der Waals surface area contributed by atoms with E-state index in [2.05, 4.69) is 21.7 Å². The quantitative estimate of drug-likeness (QED) is 0.587. The summed E-state index contributed by atoms with van der Waals surface area (Å²) in [6, 6.07) is 1.61. The van der Waals surface area contributed by atoms with Crippen molar-refractivity contribution in [1.82, 2.24) is 4.90 Å². The minimum absolute atomic E-state index is 0.216. The Morgan fingerprint density at radius 1 is 1.18 bits per heavy atom. The van der Waals surface area contributed by atoms with E-state index in [1.54, 1.807) is 11.3 Å². The average Bonchev–Trinajstić information content (AvgIpc) is 3.16. The third-order valence-corrected chi connectivity index (χ3v) is 5.54. The van der Waals surface area contributed by atoms with Crippen LogP contribution in [-0.4, -0.2) is 82.5 Å². The molecule has 0 aliphatic carbocycles. The number of aliphatic hydroxyl groups is 4. The van der Waals surface area contributed by atoms with Gasteiger partial charge in [-0.3, -0.25) is 4.90 Å². The Bertz CT molecular complexity index is 472. The van der Waals surface area contributed by atoms with Crippen LogP contribution < -0.4 is 4.90 Å². The molecule has 0 amide bonds. The van der Waals surface area contributed by atoms with Gasteiger partial charge in [0.05, 0.1) is 18.8 Å². The molecule has 22 heavy (non-hydrogen) atoms. The van der Waals surface area contributed by atoms with Gasteiger partial charge in [-0.05, 0) is 23.8 Å². The van der Waals surface area contributed by atoms with Gasteiger partial charge < -0.3 is 25.3 Å². The lowest BCUT2D eigenvalue weighted by Crippen LogP contribution is -2.63. The summed E-state index contributed by atoms with van der Waals surface area (Å²) in [5.41, 5.74) is 1.25. The SMILES string of the molecule is OC[C@H]1[C@@H](O)[C@H](O)[C@@H](O)CN1C[C@H]1CCN(c2ccsc2)C1. The Morgan fingerprint density at radius 3 is 2.68 bits per heavy atom. The highest BCUT2D eigenvalue weighted by Gasteiger charge is 2.42. The molecule has 0 unspecified atom stereocenters. The molecule has 7 heteroatoms. The topological polar surface area (TPSA) is 87.4 Å². The van der Waals surface area contributed by atoms with Crippen LogP contribution in [0.2, 0.25) is 0 Å². The third-order valence-electron chi connectivity index (χ3n) is 4.87. The normalized spacial score (nSPS) is 36.9. The van der Waals surface area contributed by atoms with Gasteiger partial charge in [0.15, 0.2) is 0 Å². The molecule has 0 aromatic carbocycles. The van der Waals surface area contributed by atoms with E-state index < -0.39 is 24.4 Å². The first-order valence-electron chi connectivity index (χ1n) is 7.76. The van der Waals surface area contributed by atoms with Crippen LogP contribution in [0.25, 0.3) is 0 Å². The third kappa shape index (κ3) is 3.15. The van der Waals surface area contributed by atoms with Crippen LogP contribution in [0, 0.1) is 5.92 Å². The number of likely N-dealkylation sites (tertiary alicyclic amines) is 1. The van der Waals surface area contributed by atoms with Crippen molar-refractivity contribution >= 4 is 17.0 Å². The summed E-state index contributed by atoms with van der Waals surface area (Å²) in [7, 11) is 0. The van der Waals surface area contributed by atoms with Gasteiger partial charge in [0, 0.05) is 37.2 Å². The molecule has 2 aliphatic rings. The predicted molar refractivity (Wildman–Crippen MR) is 85.1 cm³/mol. The van der Waals surface area contributed by atoms with Crippen LogP contribution in [0.5, 0.6) is 0 Å². The van der Waals surface area contributed by atoms with Crippen molar-refractivity contribution in [2.75, 3.05) is 37.7 Å². The van der Waals surface area contributed by atoms with Crippen LogP contribution in [-0.2, 0) is 0 Å². The van der Waals surface area contributed by atoms with Crippen molar-refractivity contribution in [3.63, 3.8) is 0 Å². The Morgan fingerprint density at radius 2 is 2.00 bits per heavy atom. The van der Waals surface area contributed by atoms with Gasteiger partial charge in [0.25, 0.3) is 0 Å². The second kappa shape index (κ2) is 6.82. The molecular formula is C15H24N2O4S. The molecule has 1 aromatic rings. The molecular weight excluding hydrogens is 304 g/mol. The van der Waals surface area contributed by atoms with Gasteiger partial charge in [-0.1, -0.05) is 0 Å². The molecule has 0 spiro atoms. The highest BCUT2D eigenvalue weighted by molar-refractivity contribution is 7.08. The molecule has 124 valence electrons. The van der Waals surface area contributed by atoms with Crippen molar-refractivity contribution in [2.24, 2.45) is 5.92 Å². The summed E-state index contributed by atoms with van der Waals surface area (Å²) in [5.74, 6) is 0.434. The fourth-order valence-electron chi connectivity index (χ4n) is 3.57. The number of piperidine rings is 1. The number of hydrogen-bond acceptors (Lipinski definition) is 7. The number of nitrogens with zero attached hydrogens (tertiary/aromatic N) is 2. The van der Waals surface area contributed by atoms with Gasteiger partial charge >= 0.3 is 0 Å². The molecule has 4 N–H and O–H groups in total. The van der Waals surface area contributed by atoms with Gasteiger partial charge in [-0.25, -0.2) is 0 Å². The second-order valence-electron chi connectivity index (χ2n) is 6.33. The number of anilines is 1. The van der Waals surface area contributed by atoms with Gasteiger partial charge in [0.1, 0.15) is 12.2 Å². The number of rotatable bonds is 4. The van der Waals surface area contributed by atoms with E-state index in [0.717, 1.165) is 19.5 Å². The molecule has 2 aliphatic heterocycles. The highest BCUT2D eigenvalue weighted by atomic mass is 32.1. The Labute approximate surface area is 134 Å². The molecule has 2 fully saturated rings. The van der Waals surface area contributed by atoms with Crippen LogP contribution in [0.15, 0.2) is 16.8 Å².